The van der Waals surface area contributed by atoms with E-state index in [-0.39, 0.29) is 18.3 Å². The molecule has 1 aliphatic heterocycles. The summed E-state index contributed by atoms with van der Waals surface area (Å²) >= 11 is 0. The zero-order valence-corrected chi connectivity index (χ0v) is 20.6. The number of nitrogens with one attached hydrogen (secondary N) is 1. The molecular formula is C26H35BN6O2. The van der Waals surface area contributed by atoms with Crippen molar-refractivity contribution < 1.29 is 9.90 Å². The van der Waals surface area contributed by atoms with Crippen LogP contribution in [0.1, 0.15) is 66.7 Å². The van der Waals surface area contributed by atoms with E-state index < -0.39 is 0 Å². The number of aliphatic hydroxyl groups excluding tert-OH is 1. The molecule has 2 aliphatic rings. The highest BCUT2D eigenvalue weighted by atomic mass is 16.3. The lowest BCUT2D eigenvalue weighted by atomic mass is 9.93. The van der Waals surface area contributed by atoms with Crippen molar-refractivity contribution >= 4 is 25.0 Å². The van der Waals surface area contributed by atoms with Crippen molar-refractivity contribution in [2.45, 2.75) is 51.5 Å². The van der Waals surface area contributed by atoms with Gasteiger partial charge in [0.05, 0.1) is 0 Å². The third-order valence-corrected chi connectivity index (χ3v) is 7.32. The highest BCUT2D eigenvalue weighted by Crippen LogP contribution is 2.26. The number of benzene rings is 1. The lowest BCUT2D eigenvalue weighted by Gasteiger charge is -2.31. The third kappa shape index (κ3) is 6.80. The van der Waals surface area contributed by atoms with Gasteiger partial charge in [0.2, 0.25) is 5.82 Å². The molecule has 0 bridgehead atoms. The van der Waals surface area contributed by atoms with Crippen molar-refractivity contribution in [3.05, 3.63) is 47.4 Å². The molecule has 1 amide bonds. The molecule has 2 fully saturated rings. The second-order valence-electron chi connectivity index (χ2n) is 9.94. The first-order valence-electron chi connectivity index (χ1n) is 12.8. The third-order valence-electron chi connectivity index (χ3n) is 7.32. The summed E-state index contributed by atoms with van der Waals surface area (Å²) in [5, 5.41) is 20.2. The second-order valence-corrected chi connectivity index (χ2v) is 9.94. The summed E-state index contributed by atoms with van der Waals surface area (Å²) < 4.78 is 0. The zero-order chi connectivity index (χ0) is 24.6. The van der Waals surface area contributed by atoms with E-state index in [1.807, 2.05) is 38.2 Å². The molecule has 2 aromatic rings. The minimum atomic E-state index is -0.184. The molecule has 184 valence electrons. The van der Waals surface area contributed by atoms with Gasteiger partial charge in [-0.05, 0) is 80.2 Å². The highest BCUT2D eigenvalue weighted by Gasteiger charge is 2.23. The van der Waals surface area contributed by atoms with Crippen LogP contribution in [0.25, 0.3) is 0 Å². The van der Waals surface area contributed by atoms with Crippen LogP contribution in [0.2, 0.25) is 0 Å². The van der Waals surface area contributed by atoms with Gasteiger partial charge in [-0.2, -0.15) is 5.26 Å². The average molecular weight is 474 g/mol. The van der Waals surface area contributed by atoms with E-state index in [0.717, 1.165) is 57.2 Å². The summed E-state index contributed by atoms with van der Waals surface area (Å²) in [6, 6.07) is 9.81. The van der Waals surface area contributed by atoms with Crippen molar-refractivity contribution in [3.63, 3.8) is 0 Å². The molecule has 1 aromatic heterocycles. The van der Waals surface area contributed by atoms with Crippen LogP contribution in [0.5, 0.6) is 0 Å². The number of rotatable bonds is 9. The summed E-state index contributed by atoms with van der Waals surface area (Å²) in [5.41, 5.74) is 5.66. The molecule has 0 atom stereocenters. The number of piperidine rings is 1. The number of nitriles is 1. The molecular weight excluding hydrogens is 439 g/mol. The Kier molecular flexibility index (Phi) is 8.72. The predicted octanol–water partition coefficient (Wildman–Crippen LogP) is 1.54. The van der Waals surface area contributed by atoms with Crippen LogP contribution in [-0.4, -0.2) is 60.0 Å². The van der Waals surface area contributed by atoms with Gasteiger partial charge in [-0.3, -0.25) is 20.1 Å². The maximum absolute atomic E-state index is 13.2. The van der Waals surface area contributed by atoms with Crippen molar-refractivity contribution in [2.75, 3.05) is 31.3 Å². The van der Waals surface area contributed by atoms with Gasteiger partial charge in [-0.1, -0.05) is 25.0 Å². The van der Waals surface area contributed by atoms with Crippen LogP contribution in [0.3, 0.4) is 0 Å². The van der Waals surface area contributed by atoms with Crippen LogP contribution < -0.4 is 15.9 Å². The van der Waals surface area contributed by atoms with E-state index in [1.54, 1.807) is 11.2 Å². The van der Waals surface area contributed by atoms with Crippen LogP contribution in [-0.2, 0) is 6.54 Å². The molecule has 2 N–H and O–H groups in total. The monoisotopic (exact) mass is 474 g/mol. The van der Waals surface area contributed by atoms with E-state index in [0.29, 0.717) is 29.8 Å². The summed E-state index contributed by atoms with van der Waals surface area (Å²) in [6.45, 7) is 3.91. The number of carbonyl (C=O) groups is 1. The fraction of sp³-hybridized carbons (Fsp3) is 0.538. The smallest absolute Gasteiger partial charge is 0.269 e. The maximum atomic E-state index is 13.2. The number of likely N-dealkylation sites (tertiary alicyclic amines) is 1. The molecule has 35 heavy (non-hydrogen) atoms. The fourth-order valence-corrected chi connectivity index (χ4v) is 5.22. The quantitative estimate of drug-likeness (QED) is 0.420. The first kappa shape index (κ1) is 25.1. The van der Waals surface area contributed by atoms with Gasteiger partial charge < -0.3 is 5.11 Å². The lowest BCUT2D eigenvalue weighted by Crippen LogP contribution is -2.47. The van der Waals surface area contributed by atoms with Gasteiger partial charge in [-0.25, -0.2) is 9.97 Å². The van der Waals surface area contributed by atoms with Crippen molar-refractivity contribution in [1.29, 1.82) is 5.26 Å². The van der Waals surface area contributed by atoms with E-state index in [4.69, 9.17) is 5.11 Å². The number of hydrogen-bond acceptors (Lipinski definition) is 7. The molecule has 0 radical (unpaired) electrons. The molecule has 1 saturated carbocycles. The van der Waals surface area contributed by atoms with E-state index in [1.165, 1.54) is 18.4 Å². The van der Waals surface area contributed by atoms with Crippen molar-refractivity contribution in [3.8, 4) is 6.07 Å². The van der Waals surface area contributed by atoms with E-state index in [2.05, 4.69) is 20.3 Å². The first-order chi connectivity index (χ1) is 17.1. The Morgan fingerprint density at radius 3 is 2.54 bits per heavy atom. The molecule has 4 rings (SSSR count). The van der Waals surface area contributed by atoms with Crippen LogP contribution in [0.15, 0.2) is 30.5 Å². The van der Waals surface area contributed by atoms with Gasteiger partial charge in [0.1, 0.15) is 19.7 Å². The minimum absolute atomic E-state index is 0.0982. The minimum Gasteiger partial charge on any atom is -0.396 e. The van der Waals surface area contributed by atoms with Crippen molar-refractivity contribution in [1.82, 2.24) is 20.3 Å². The normalized spacial score (nSPS) is 17.3. The largest absolute Gasteiger partial charge is 0.396 e. The molecule has 8 nitrogen and oxygen atoms in total. The van der Waals surface area contributed by atoms with Crippen LogP contribution in [0.4, 0.5) is 5.82 Å². The number of aliphatic hydroxyl groups is 1. The first-order valence-corrected chi connectivity index (χ1v) is 12.8. The Balaban J connectivity index is 1.41. The van der Waals surface area contributed by atoms with Gasteiger partial charge >= 0.3 is 0 Å². The van der Waals surface area contributed by atoms with E-state index >= 15 is 0 Å². The summed E-state index contributed by atoms with van der Waals surface area (Å²) in [6.07, 6.45) is 9.49. The van der Waals surface area contributed by atoms with Gasteiger partial charge in [0, 0.05) is 31.5 Å². The fourth-order valence-electron chi connectivity index (χ4n) is 5.22. The molecule has 2 heterocycles. The standard InChI is InChI=1S/C26H35BN6O2/c27-23-16-29-24(15-28)30-25(23)33(18-20-3-1-2-4-20)31-26(35)22-7-5-21(6-8-22)17-32-12-9-19(10-13-32)11-14-34/h5-8,16,19-20,34H,1-4,9-14,17-18,27H2,(H,31,35). The zero-order valence-electron chi connectivity index (χ0n) is 20.6. The Hall–Kier alpha value is -2.96. The maximum Gasteiger partial charge on any atom is 0.269 e. The summed E-state index contributed by atoms with van der Waals surface area (Å²) in [4.78, 5) is 24.1. The number of aromatic nitrogens is 2. The second kappa shape index (κ2) is 12.1. The number of amides is 1. The Bertz CT molecular complexity index is 1030. The van der Waals surface area contributed by atoms with Crippen molar-refractivity contribution in [2.24, 2.45) is 11.8 Å². The lowest BCUT2D eigenvalue weighted by molar-refractivity contribution is 0.0947. The Morgan fingerprint density at radius 2 is 1.89 bits per heavy atom. The molecule has 0 unspecified atom stereocenters. The molecule has 0 spiro atoms. The number of carbonyl (C=O) groups excluding carboxylic acids is 1. The number of hydrazine groups is 1. The summed E-state index contributed by atoms with van der Waals surface area (Å²) in [5.74, 6) is 1.62. The average Bonchev–Trinajstić information content (AvgIpc) is 3.39. The number of anilines is 1. The van der Waals surface area contributed by atoms with Gasteiger partial charge in [0.25, 0.3) is 5.91 Å². The molecule has 9 heteroatoms. The van der Waals surface area contributed by atoms with Gasteiger partial charge in [0.15, 0.2) is 0 Å². The SMILES string of the molecule is Bc1cnc(C#N)nc1N(CC1CCCC1)NC(=O)c1ccc(CN2CCC(CCO)CC2)cc1. The number of nitrogens with zero attached hydrogens (tertiary/aromatic N) is 5. The van der Waals surface area contributed by atoms with Gasteiger partial charge in [-0.15, -0.1) is 0 Å². The highest BCUT2D eigenvalue weighted by molar-refractivity contribution is 6.35. The van der Waals surface area contributed by atoms with E-state index in [9.17, 15) is 10.1 Å². The topological polar surface area (TPSA) is 105 Å². The molecule has 1 aliphatic carbocycles. The van der Waals surface area contributed by atoms with Crippen LogP contribution in [0, 0.1) is 23.2 Å². The summed E-state index contributed by atoms with van der Waals surface area (Å²) in [7, 11) is 1.89. The Labute approximate surface area is 208 Å². The van der Waals surface area contributed by atoms with Crippen LogP contribution >= 0.6 is 0 Å². The number of hydrogen-bond donors (Lipinski definition) is 2. The predicted molar refractivity (Wildman–Crippen MR) is 138 cm³/mol. The molecule has 1 saturated heterocycles. The Morgan fingerprint density at radius 1 is 1.17 bits per heavy atom. The molecule has 1 aromatic carbocycles.